The molecule has 0 aliphatic rings. The molecule has 0 spiro atoms. The number of non-ortho nitro benzene ring substituents is 1. The Balaban J connectivity index is 2.17. The highest BCUT2D eigenvalue weighted by Gasteiger charge is 2.17. The van der Waals surface area contributed by atoms with Crippen LogP contribution in [-0.4, -0.2) is 23.1 Å². The number of benzene rings is 1. The van der Waals surface area contributed by atoms with E-state index in [0.29, 0.717) is 5.56 Å². The maximum absolute atomic E-state index is 12.0. The van der Waals surface area contributed by atoms with Crippen LogP contribution in [-0.2, 0) is 23.6 Å². The Kier molecular flexibility index (Phi) is 3.81. The molecule has 0 amide bonds. The van der Waals surface area contributed by atoms with Crippen molar-refractivity contribution < 1.29 is 13.3 Å². The van der Waals surface area contributed by atoms with Crippen LogP contribution in [0.25, 0.3) is 0 Å². The summed E-state index contributed by atoms with van der Waals surface area (Å²) in [6.07, 6.45) is 3.21. The molecular formula is C11H12N4O4S. The van der Waals surface area contributed by atoms with Gasteiger partial charge in [0.25, 0.3) is 5.69 Å². The van der Waals surface area contributed by atoms with Gasteiger partial charge in [0.1, 0.15) is 0 Å². The maximum Gasteiger partial charge on any atom is 0.270 e. The van der Waals surface area contributed by atoms with Crippen molar-refractivity contribution in [1.82, 2.24) is 14.5 Å². The van der Waals surface area contributed by atoms with Crippen LogP contribution in [0.4, 0.5) is 5.69 Å². The van der Waals surface area contributed by atoms with Crippen LogP contribution in [0, 0.1) is 10.1 Å². The Morgan fingerprint density at radius 2 is 2.20 bits per heavy atom. The Morgan fingerprint density at radius 3 is 2.80 bits per heavy atom. The fraction of sp³-hybridized carbons (Fsp3) is 0.182. The van der Waals surface area contributed by atoms with Gasteiger partial charge in [-0.25, -0.2) is 13.1 Å². The summed E-state index contributed by atoms with van der Waals surface area (Å²) in [5, 5.41) is 14.6. The molecule has 0 unspecified atom stereocenters. The van der Waals surface area contributed by atoms with Gasteiger partial charge in [-0.2, -0.15) is 5.10 Å². The first-order valence-electron chi connectivity index (χ1n) is 5.60. The van der Waals surface area contributed by atoms with Gasteiger partial charge < -0.3 is 0 Å². The molecule has 0 fully saturated rings. The zero-order valence-corrected chi connectivity index (χ0v) is 11.4. The zero-order chi connectivity index (χ0) is 14.8. The molecule has 2 aromatic rings. The van der Waals surface area contributed by atoms with E-state index in [1.54, 1.807) is 17.9 Å². The van der Waals surface area contributed by atoms with E-state index < -0.39 is 14.9 Å². The second-order valence-corrected chi connectivity index (χ2v) is 5.87. The number of aryl methyl sites for hydroxylation is 1. The van der Waals surface area contributed by atoms with Gasteiger partial charge in [-0.3, -0.25) is 14.8 Å². The van der Waals surface area contributed by atoms with E-state index in [1.165, 1.54) is 24.4 Å². The number of rotatable bonds is 5. The molecular weight excluding hydrogens is 284 g/mol. The number of nitro benzene ring substituents is 1. The van der Waals surface area contributed by atoms with E-state index in [9.17, 15) is 18.5 Å². The van der Waals surface area contributed by atoms with Gasteiger partial charge in [0.2, 0.25) is 10.0 Å². The molecule has 0 saturated carbocycles. The van der Waals surface area contributed by atoms with Gasteiger partial charge in [0.05, 0.1) is 16.0 Å². The highest BCUT2D eigenvalue weighted by atomic mass is 32.2. The largest absolute Gasteiger partial charge is 0.275 e. The molecule has 1 N–H and O–H groups in total. The predicted octanol–water partition coefficient (Wildman–Crippen LogP) is 0.807. The maximum atomic E-state index is 12.0. The van der Waals surface area contributed by atoms with Crippen LogP contribution in [0.3, 0.4) is 0 Å². The van der Waals surface area contributed by atoms with E-state index in [1.807, 2.05) is 0 Å². The molecule has 0 bridgehead atoms. The molecule has 0 aliphatic carbocycles. The standard InChI is InChI=1S/C11H12N4O4S/c1-14-8-9(6-12-14)7-13-20(18,19)11-4-2-3-10(5-11)15(16)17/h2-6,8,13H,7H2,1H3. The van der Waals surface area contributed by atoms with Gasteiger partial charge in [0.15, 0.2) is 0 Å². The molecule has 8 nitrogen and oxygen atoms in total. The van der Waals surface area contributed by atoms with Crippen molar-refractivity contribution in [1.29, 1.82) is 0 Å². The molecule has 0 saturated heterocycles. The summed E-state index contributed by atoms with van der Waals surface area (Å²) in [5.41, 5.74) is 0.427. The SMILES string of the molecule is Cn1cc(CNS(=O)(=O)c2cccc([N+](=O)[O-])c2)cn1. The quantitative estimate of drug-likeness (QED) is 0.649. The lowest BCUT2D eigenvalue weighted by molar-refractivity contribution is -0.385. The number of nitrogens with zero attached hydrogens (tertiary/aromatic N) is 3. The van der Waals surface area contributed by atoms with E-state index in [0.717, 1.165) is 6.07 Å². The minimum atomic E-state index is -3.80. The minimum Gasteiger partial charge on any atom is -0.275 e. The van der Waals surface area contributed by atoms with E-state index >= 15 is 0 Å². The van der Waals surface area contributed by atoms with Crippen LogP contribution >= 0.6 is 0 Å². The zero-order valence-electron chi connectivity index (χ0n) is 10.6. The number of sulfonamides is 1. The molecule has 1 heterocycles. The van der Waals surface area contributed by atoms with Crippen molar-refractivity contribution in [2.45, 2.75) is 11.4 Å². The Morgan fingerprint density at radius 1 is 1.45 bits per heavy atom. The second kappa shape index (κ2) is 5.39. The fourth-order valence-electron chi connectivity index (χ4n) is 1.59. The van der Waals surface area contributed by atoms with Crippen molar-refractivity contribution in [3.05, 3.63) is 52.3 Å². The Labute approximate surface area is 115 Å². The molecule has 2 rings (SSSR count). The van der Waals surface area contributed by atoms with Crippen LogP contribution < -0.4 is 4.72 Å². The van der Waals surface area contributed by atoms with E-state index in [4.69, 9.17) is 0 Å². The van der Waals surface area contributed by atoms with Gasteiger partial charge >= 0.3 is 0 Å². The van der Waals surface area contributed by atoms with Gasteiger partial charge in [-0.15, -0.1) is 0 Å². The third-order valence-corrected chi connectivity index (χ3v) is 3.96. The molecule has 106 valence electrons. The summed E-state index contributed by atoms with van der Waals surface area (Å²) in [6, 6.07) is 4.89. The number of nitro groups is 1. The second-order valence-electron chi connectivity index (χ2n) is 4.10. The number of nitrogens with one attached hydrogen (secondary N) is 1. The van der Waals surface area contributed by atoms with Crippen molar-refractivity contribution in [3.63, 3.8) is 0 Å². The topological polar surface area (TPSA) is 107 Å². The summed E-state index contributed by atoms with van der Waals surface area (Å²) < 4.78 is 28.0. The molecule has 1 aromatic heterocycles. The van der Waals surface area contributed by atoms with Crippen molar-refractivity contribution >= 4 is 15.7 Å². The molecule has 20 heavy (non-hydrogen) atoms. The predicted molar refractivity (Wildman–Crippen MR) is 70.3 cm³/mol. The van der Waals surface area contributed by atoms with Crippen LogP contribution in [0.15, 0.2) is 41.6 Å². The molecule has 0 atom stereocenters. The number of aromatic nitrogens is 2. The smallest absolute Gasteiger partial charge is 0.270 e. The Hall–Kier alpha value is -2.26. The summed E-state index contributed by atoms with van der Waals surface area (Å²) in [4.78, 5) is 9.86. The highest BCUT2D eigenvalue weighted by Crippen LogP contribution is 2.17. The third kappa shape index (κ3) is 3.19. The normalized spacial score (nSPS) is 11.4. The third-order valence-electron chi connectivity index (χ3n) is 2.56. The summed E-state index contributed by atoms with van der Waals surface area (Å²) in [6.45, 7) is 0.0683. The molecule has 0 radical (unpaired) electrons. The van der Waals surface area contributed by atoms with Crippen molar-refractivity contribution in [2.24, 2.45) is 7.05 Å². The average molecular weight is 296 g/mol. The average Bonchev–Trinajstić information content (AvgIpc) is 2.82. The monoisotopic (exact) mass is 296 g/mol. The summed E-state index contributed by atoms with van der Waals surface area (Å²) >= 11 is 0. The molecule has 9 heteroatoms. The van der Waals surface area contributed by atoms with Crippen LogP contribution in [0.5, 0.6) is 0 Å². The molecule has 1 aromatic carbocycles. The molecule has 0 aliphatic heterocycles. The van der Waals surface area contributed by atoms with Gasteiger partial charge in [0, 0.05) is 37.5 Å². The first-order valence-corrected chi connectivity index (χ1v) is 7.08. The fourth-order valence-corrected chi connectivity index (χ4v) is 2.65. The van der Waals surface area contributed by atoms with Crippen LogP contribution in [0.2, 0.25) is 0 Å². The number of hydrogen-bond donors (Lipinski definition) is 1. The first-order chi connectivity index (χ1) is 9.38. The van der Waals surface area contributed by atoms with E-state index in [-0.39, 0.29) is 17.1 Å². The lowest BCUT2D eigenvalue weighted by atomic mass is 10.3. The van der Waals surface area contributed by atoms with Crippen LogP contribution in [0.1, 0.15) is 5.56 Å². The van der Waals surface area contributed by atoms with E-state index in [2.05, 4.69) is 9.82 Å². The minimum absolute atomic E-state index is 0.0683. The first kappa shape index (κ1) is 14.2. The van der Waals surface area contributed by atoms with Crippen molar-refractivity contribution in [3.8, 4) is 0 Å². The lowest BCUT2D eigenvalue weighted by Crippen LogP contribution is -2.23. The summed E-state index contributed by atoms with van der Waals surface area (Å²) in [5.74, 6) is 0. The highest BCUT2D eigenvalue weighted by molar-refractivity contribution is 7.89. The Bertz CT molecular complexity index is 738. The van der Waals surface area contributed by atoms with Gasteiger partial charge in [-0.05, 0) is 6.07 Å². The summed E-state index contributed by atoms with van der Waals surface area (Å²) in [7, 11) is -2.08. The van der Waals surface area contributed by atoms with Gasteiger partial charge in [-0.1, -0.05) is 6.07 Å². The lowest BCUT2D eigenvalue weighted by Gasteiger charge is -2.05. The van der Waals surface area contributed by atoms with Crippen molar-refractivity contribution in [2.75, 3.05) is 0 Å². The number of hydrogen-bond acceptors (Lipinski definition) is 5.